The molecule has 124 valence electrons. The third-order valence-corrected chi connectivity index (χ3v) is 5.95. The number of nitrogens with zero attached hydrogens (tertiary/aromatic N) is 2. The Balaban J connectivity index is 2.32. The van der Waals surface area contributed by atoms with E-state index in [0.29, 0.717) is 0 Å². The van der Waals surface area contributed by atoms with Crippen molar-refractivity contribution >= 4 is 10.0 Å². The number of nitrogens with one attached hydrogen (secondary N) is 1. The Morgan fingerprint density at radius 2 is 1.67 bits per heavy atom. The molecule has 0 aliphatic carbocycles. The lowest BCUT2D eigenvalue weighted by Crippen LogP contribution is -2.67. The van der Waals surface area contributed by atoms with Gasteiger partial charge in [-0.25, -0.2) is 13.1 Å². The van der Waals surface area contributed by atoms with Crippen LogP contribution in [0.25, 0.3) is 0 Å². The zero-order chi connectivity index (χ0) is 16.1. The van der Waals surface area contributed by atoms with Crippen LogP contribution in [0.15, 0.2) is 0 Å². The summed E-state index contributed by atoms with van der Waals surface area (Å²) in [5.41, 5.74) is -0.0270. The van der Waals surface area contributed by atoms with E-state index in [-0.39, 0.29) is 29.0 Å². The van der Waals surface area contributed by atoms with Crippen molar-refractivity contribution in [2.45, 2.75) is 77.5 Å². The summed E-state index contributed by atoms with van der Waals surface area (Å²) in [4.78, 5) is 4.67. The molecule has 0 aromatic heterocycles. The fourth-order valence-electron chi connectivity index (χ4n) is 3.44. The molecule has 0 bridgehead atoms. The van der Waals surface area contributed by atoms with Crippen LogP contribution in [0.4, 0.5) is 0 Å². The van der Waals surface area contributed by atoms with Crippen molar-refractivity contribution in [1.29, 1.82) is 0 Å². The molecule has 0 aromatic rings. The Hall–Kier alpha value is -0.170. The highest BCUT2D eigenvalue weighted by atomic mass is 32.2. The molecule has 6 heteroatoms. The topological polar surface area (TPSA) is 52.7 Å². The summed E-state index contributed by atoms with van der Waals surface area (Å²) in [6.07, 6.45) is 1.96. The zero-order valence-electron chi connectivity index (χ0n) is 14.3. The average Bonchev–Trinajstić information content (AvgIpc) is 2.46. The minimum atomic E-state index is -3.20. The number of rotatable bonds is 0. The smallest absolute Gasteiger partial charge is 0.225 e. The predicted octanol–water partition coefficient (Wildman–Crippen LogP) is 1.61. The van der Waals surface area contributed by atoms with Crippen LogP contribution in [0.1, 0.15) is 54.4 Å². The van der Waals surface area contributed by atoms with Gasteiger partial charge in [0.15, 0.2) is 0 Å². The molecule has 2 unspecified atom stereocenters. The van der Waals surface area contributed by atoms with Gasteiger partial charge in [0, 0.05) is 29.7 Å². The molecule has 2 heterocycles. The normalized spacial score (nSPS) is 32.5. The van der Waals surface area contributed by atoms with E-state index in [2.05, 4.69) is 56.1 Å². The highest BCUT2D eigenvalue weighted by Crippen LogP contribution is 2.30. The second-order valence-corrected chi connectivity index (χ2v) is 10.2. The molecular weight excluding hydrogens is 286 g/mol. The van der Waals surface area contributed by atoms with Crippen LogP contribution >= 0.6 is 0 Å². The Bertz CT molecular complexity index is 476. The van der Waals surface area contributed by atoms with Gasteiger partial charge in [0.1, 0.15) is 5.88 Å². The fourth-order valence-corrected chi connectivity index (χ4v) is 5.19. The molecule has 0 spiro atoms. The molecule has 2 fully saturated rings. The van der Waals surface area contributed by atoms with Crippen LogP contribution in [0.3, 0.4) is 0 Å². The van der Waals surface area contributed by atoms with Crippen LogP contribution in [-0.4, -0.2) is 60.3 Å². The van der Waals surface area contributed by atoms with Gasteiger partial charge >= 0.3 is 0 Å². The lowest BCUT2D eigenvalue weighted by molar-refractivity contribution is 0.0361. The minimum absolute atomic E-state index is 0.0373. The summed E-state index contributed by atoms with van der Waals surface area (Å²) in [6, 6.07) is 0.283. The van der Waals surface area contributed by atoms with Gasteiger partial charge < -0.3 is 0 Å². The maximum atomic E-state index is 12.2. The van der Waals surface area contributed by atoms with Crippen molar-refractivity contribution in [3.63, 3.8) is 0 Å². The molecular formula is C15H31N3O2S. The molecule has 5 nitrogen and oxygen atoms in total. The number of fused-ring (bicyclic) bond motifs is 1. The SMILES string of the molecule is CC(C)(C)N1CCCC2NS(=O)(=O)CN(C(C)(C)C)C2C1. The van der Waals surface area contributed by atoms with Gasteiger partial charge in [0.2, 0.25) is 10.0 Å². The number of likely N-dealkylation sites (tertiary alicyclic amines) is 1. The van der Waals surface area contributed by atoms with Crippen molar-refractivity contribution in [2.24, 2.45) is 0 Å². The molecule has 21 heavy (non-hydrogen) atoms. The lowest BCUT2D eigenvalue weighted by atomic mass is 9.97. The zero-order valence-corrected chi connectivity index (χ0v) is 15.1. The summed E-state index contributed by atoms with van der Waals surface area (Å²) in [7, 11) is -3.20. The van der Waals surface area contributed by atoms with Gasteiger partial charge in [-0.2, -0.15) is 0 Å². The fraction of sp³-hybridized carbons (Fsp3) is 1.00. The van der Waals surface area contributed by atoms with Crippen molar-refractivity contribution in [3.05, 3.63) is 0 Å². The molecule has 2 rings (SSSR count). The van der Waals surface area contributed by atoms with E-state index < -0.39 is 10.0 Å². The first-order valence-electron chi connectivity index (χ1n) is 7.92. The molecule has 2 atom stereocenters. The summed E-state index contributed by atoms with van der Waals surface area (Å²) < 4.78 is 27.3. The molecule has 1 N–H and O–H groups in total. The van der Waals surface area contributed by atoms with Crippen molar-refractivity contribution in [1.82, 2.24) is 14.5 Å². The van der Waals surface area contributed by atoms with E-state index in [9.17, 15) is 8.42 Å². The molecule has 0 aromatic carbocycles. The van der Waals surface area contributed by atoms with Gasteiger partial charge in [-0.3, -0.25) is 9.80 Å². The monoisotopic (exact) mass is 317 g/mol. The van der Waals surface area contributed by atoms with Crippen LogP contribution in [0, 0.1) is 0 Å². The predicted molar refractivity (Wildman–Crippen MR) is 86.7 cm³/mol. The summed E-state index contributed by atoms with van der Waals surface area (Å²) >= 11 is 0. The van der Waals surface area contributed by atoms with Crippen molar-refractivity contribution < 1.29 is 8.42 Å². The van der Waals surface area contributed by atoms with Gasteiger partial charge in [0.25, 0.3) is 0 Å². The van der Waals surface area contributed by atoms with E-state index in [0.717, 1.165) is 25.9 Å². The quantitative estimate of drug-likeness (QED) is 0.737. The van der Waals surface area contributed by atoms with E-state index in [1.807, 2.05) is 0 Å². The first-order valence-corrected chi connectivity index (χ1v) is 9.57. The van der Waals surface area contributed by atoms with Gasteiger partial charge in [0.05, 0.1) is 0 Å². The van der Waals surface area contributed by atoms with Gasteiger partial charge in [-0.1, -0.05) is 0 Å². The molecule has 0 saturated carbocycles. The van der Waals surface area contributed by atoms with E-state index in [1.165, 1.54) is 0 Å². The second-order valence-electron chi connectivity index (χ2n) is 8.44. The summed E-state index contributed by atoms with van der Waals surface area (Å²) in [5, 5.41) is 0. The minimum Gasteiger partial charge on any atom is -0.297 e. The maximum Gasteiger partial charge on any atom is 0.225 e. The average molecular weight is 317 g/mol. The lowest BCUT2D eigenvalue weighted by Gasteiger charge is -2.49. The number of sulfonamides is 1. The van der Waals surface area contributed by atoms with E-state index in [4.69, 9.17) is 0 Å². The molecule has 0 amide bonds. The molecule has 2 aliphatic rings. The third-order valence-electron chi connectivity index (χ3n) is 4.67. The number of hydrogen-bond acceptors (Lipinski definition) is 4. The first-order chi connectivity index (χ1) is 9.40. The second kappa shape index (κ2) is 5.48. The summed E-state index contributed by atoms with van der Waals surface area (Å²) in [5.74, 6) is 0.107. The highest BCUT2D eigenvalue weighted by molar-refractivity contribution is 7.89. The van der Waals surface area contributed by atoms with Crippen molar-refractivity contribution in [3.8, 4) is 0 Å². The standard InChI is InChI=1S/C15H31N3O2S/c1-14(2,3)17-9-7-8-12-13(10-17)18(15(4,5)6)11-21(19,20)16-12/h12-13,16H,7-11H2,1-6H3. The highest BCUT2D eigenvalue weighted by Gasteiger charge is 2.45. The van der Waals surface area contributed by atoms with E-state index in [1.54, 1.807) is 0 Å². The van der Waals surface area contributed by atoms with Crippen LogP contribution in [-0.2, 0) is 10.0 Å². The molecule has 0 radical (unpaired) electrons. The van der Waals surface area contributed by atoms with Crippen LogP contribution in [0.2, 0.25) is 0 Å². The molecule has 2 aliphatic heterocycles. The number of hydrogen-bond donors (Lipinski definition) is 1. The van der Waals surface area contributed by atoms with Gasteiger partial charge in [-0.15, -0.1) is 0 Å². The first kappa shape index (κ1) is 17.2. The summed E-state index contributed by atoms with van der Waals surface area (Å²) in [6.45, 7) is 15.0. The third kappa shape index (κ3) is 3.97. The van der Waals surface area contributed by atoms with Crippen LogP contribution < -0.4 is 4.72 Å². The van der Waals surface area contributed by atoms with E-state index >= 15 is 0 Å². The maximum absolute atomic E-state index is 12.2. The Labute approximate surface area is 130 Å². The van der Waals surface area contributed by atoms with Gasteiger partial charge in [-0.05, 0) is 60.9 Å². The largest absolute Gasteiger partial charge is 0.297 e. The molecule has 2 saturated heterocycles. The van der Waals surface area contributed by atoms with Crippen LogP contribution in [0.5, 0.6) is 0 Å². The van der Waals surface area contributed by atoms with Crippen molar-refractivity contribution in [2.75, 3.05) is 19.0 Å². The Morgan fingerprint density at radius 1 is 1.05 bits per heavy atom. The Morgan fingerprint density at radius 3 is 2.19 bits per heavy atom. The Kier molecular flexibility index (Phi) is 4.48.